The van der Waals surface area contributed by atoms with Gasteiger partial charge in [0.1, 0.15) is 6.10 Å². The van der Waals surface area contributed by atoms with Crippen LogP contribution in [0.25, 0.3) is 0 Å². The summed E-state index contributed by atoms with van der Waals surface area (Å²) in [5.41, 5.74) is 0.738. The highest BCUT2D eigenvalue weighted by atomic mass is 35.5. The predicted octanol–water partition coefficient (Wildman–Crippen LogP) is 2.57. The highest BCUT2D eigenvalue weighted by molar-refractivity contribution is 6.31. The van der Waals surface area contributed by atoms with Crippen molar-refractivity contribution in [3.05, 3.63) is 32.8 Å². The number of nitro benzene ring substituents is 1. The molecule has 74 valence electrons. The van der Waals surface area contributed by atoms with Gasteiger partial charge in [-0.05, 0) is 13.0 Å². The summed E-state index contributed by atoms with van der Waals surface area (Å²) in [6, 6.07) is 2.92. The normalized spacial score (nSPS) is 18.9. The van der Waals surface area contributed by atoms with Gasteiger partial charge in [-0.15, -0.1) is 0 Å². The summed E-state index contributed by atoms with van der Waals surface area (Å²) in [5, 5.41) is 11.2. The fourth-order valence-corrected chi connectivity index (χ4v) is 1.81. The van der Waals surface area contributed by atoms with E-state index in [1.807, 2.05) is 6.92 Å². The first-order valence-corrected chi connectivity index (χ1v) is 4.60. The van der Waals surface area contributed by atoms with E-state index in [1.54, 1.807) is 6.07 Å². The van der Waals surface area contributed by atoms with E-state index in [2.05, 4.69) is 0 Å². The molecule has 1 aromatic carbocycles. The Kier molecular flexibility index (Phi) is 2.07. The summed E-state index contributed by atoms with van der Waals surface area (Å²) in [4.78, 5) is 10.2. The zero-order valence-corrected chi connectivity index (χ0v) is 8.25. The summed E-state index contributed by atoms with van der Waals surface area (Å²) in [6.45, 7) is 1.86. The molecule has 1 aromatic rings. The Bertz CT molecular complexity index is 405. The van der Waals surface area contributed by atoms with Gasteiger partial charge < -0.3 is 4.74 Å². The van der Waals surface area contributed by atoms with Crippen LogP contribution in [0.5, 0.6) is 5.75 Å². The molecule has 14 heavy (non-hydrogen) atoms. The maximum Gasteiger partial charge on any atom is 0.311 e. The molecule has 2 rings (SSSR count). The molecule has 0 N–H and O–H groups in total. The third-order valence-corrected chi connectivity index (χ3v) is 2.54. The molecule has 1 heterocycles. The molecule has 0 bridgehead atoms. The number of hydrogen-bond donors (Lipinski definition) is 0. The van der Waals surface area contributed by atoms with Crippen LogP contribution in [0.3, 0.4) is 0 Å². The van der Waals surface area contributed by atoms with Crippen molar-refractivity contribution in [2.45, 2.75) is 19.4 Å². The molecule has 0 aliphatic carbocycles. The SMILES string of the molecule is CC1Cc2c(Cl)ccc([N+](=O)[O-])c2O1. The van der Waals surface area contributed by atoms with Crippen LogP contribution in [0.2, 0.25) is 5.02 Å². The van der Waals surface area contributed by atoms with E-state index in [0.29, 0.717) is 17.2 Å². The minimum absolute atomic E-state index is 0.00579. The second-order valence-electron chi connectivity index (χ2n) is 3.26. The topological polar surface area (TPSA) is 52.4 Å². The largest absolute Gasteiger partial charge is 0.483 e. The number of fused-ring (bicyclic) bond motifs is 1. The van der Waals surface area contributed by atoms with Gasteiger partial charge in [0.25, 0.3) is 0 Å². The quantitative estimate of drug-likeness (QED) is 0.532. The lowest BCUT2D eigenvalue weighted by Gasteiger charge is -2.03. The number of nitro groups is 1. The smallest absolute Gasteiger partial charge is 0.311 e. The van der Waals surface area contributed by atoms with Crippen molar-refractivity contribution in [1.29, 1.82) is 0 Å². The lowest BCUT2D eigenvalue weighted by atomic mass is 10.1. The summed E-state index contributed by atoms with van der Waals surface area (Å²) >= 11 is 5.91. The fraction of sp³-hybridized carbons (Fsp3) is 0.333. The molecule has 1 atom stereocenters. The maximum atomic E-state index is 10.7. The Morgan fingerprint density at radius 2 is 2.36 bits per heavy atom. The summed E-state index contributed by atoms with van der Waals surface area (Å²) in [6.07, 6.45) is 0.596. The molecule has 1 aliphatic rings. The van der Waals surface area contributed by atoms with Gasteiger partial charge in [-0.2, -0.15) is 0 Å². The Balaban J connectivity index is 2.59. The van der Waals surface area contributed by atoms with Gasteiger partial charge in [-0.1, -0.05) is 11.6 Å². The Labute approximate surface area is 85.6 Å². The van der Waals surface area contributed by atoms with E-state index in [4.69, 9.17) is 16.3 Å². The average molecular weight is 214 g/mol. The molecule has 0 aromatic heterocycles. The summed E-state index contributed by atoms with van der Waals surface area (Å²) in [7, 11) is 0. The number of ether oxygens (including phenoxy) is 1. The van der Waals surface area contributed by atoms with Gasteiger partial charge in [-0.25, -0.2) is 0 Å². The number of hydrogen-bond acceptors (Lipinski definition) is 3. The molecule has 0 saturated carbocycles. The molecule has 0 fully saturated rings. The van der Waals surface area contributed by atoms with Crippen LogP contribution < -0.4 is 4.74 Å². The molecule has 1 aliphatic heterocycles. The second kappa shape index (κ2) is 3.13. The maximum absolute atomic E-state index is 10.7. The van der Waals surface area contributed by atoms with Crippen LogP contribution in [-0.2, 0) is 6.42 Å². The van der Waals surface area contributed by atoms with E-state index in [1.165, 1.54) is 6.07 Å². The van der Waals surface area contributed by atoms with Crippen molar-refractivity contribution in [3.63, 3.8) is 0 Å². The third kappa shape index (κ3) is 1.32. The van der Waals surface area contributed by atoms with Crippen molar-refractivity contribution in [3.8, 4) is 5.75 Å². The van der Waals surface area contributed by atoms with Crippen LogP contribution in [0.4, 0.5) is 5.69 Å². The van der Waals surface area contributed by atoms with Crippen LogP contribution in [0, 0.1) is 10.1 Å². The number of halogens is 1. The number of rotatable bonds is 1. The van der Waals surface area contributed by atoms with E-state index < -0.39 is 4.92 Å². The predicted molar refractivity (Wildman–Crippen MR) is 51.9 cm³/mol. The molecular formula is C9H8ClNO3. The first kappa shape index (κ1) is 9.27. The summed E-state index contributed by atoms with van der Waals surface area (Å²) < 4.78 is 5.35. The highest BCUT2D eigenvalue weighted by Gasteiger charge is 2.29. The standard InChI is InChI=1S/C9H8ClNO3/c1-5-4-6-7(10)2-3-8(11(12)13)9(6)14-5/h2-3,5H,4H2,1H3. The van der Waals surface area contributed by atoms with Gasteiger partial charge in [0.2, 0.25) is 5.75 Å². The zero-order valence-electron chi connectivity index (χ0n) is 7.49. The van der Waals surface area contributed by atoms with Gasteiger partial charge in [0.05, 0.1) is 4.92 Å². The molecule has 0 spiro atoms. The lowest BCUT2D eigenvalue weighted by molar-refractivity contribution is -0.385. The Morgan fingerprint density at radius 1 is 1.64 bits per heavy atom. The van der Waals surface area contributed by atoms with Crippen molar-refractivity contribution in [2.75, 3.05) is 0 Å². The highest BCUT2D eigenvalue weighted by Crippen LogP contribution is 2.41. The summed E-state index contributed by atoms with van der Waals surface area (Å²) in [5.74, 6) is 0.329. The minimum Gasteiger partial charge on any atom is -0.483 e. The van der Waals surface area contributed by atoms with Gasteiger partial charge >= 0.3 is 5.69 Å². The fourth-order valence-electron chi connectivity index (χ4n) is 1.59. The van der Waals surface area contributed by atoms with Crippen LogP contribution in [0.1, 0.15) is 12.5 Å². The lowest BCUT2D eigenvalue weighted by Crippen LogP contribution is -2.05. The monoisotopic (exact) mass is 213 g/mol. The first-order valence-electron chi connectivity index (χ1n) is 4.22. The van der Waals surface area contributed by atoms with Gasteiger partial charge in [0.15, 0.2) is 0 Å². The van der Waals surface area contributed by atoms with Crippen molar-refractivity contribution < 1.29 is 9.66 Å². The Morgan fingerprint density at radius 3 is 3.00 bits per heavy atom. The van der Waals surface area contributed by atoms with E-state index in [0.717, 1.165) is 5.56 Å². The molecule has 0 amide bonds. The molecular weight excluding hydrogens is 206 g/mol. The molecule has 1 unspecified atom stereocenters. The van der Waals surface area contributed by atoms with Crippen LogP contribution in [0.15, 0.2) is 12.1 Å². The average Bonchev–Trinajstić information content (AvgIpc) is 2.47. The molecule has 5 heteroatoms. The second-order valence-corrected chi connectivity index (χ2v) is 3.67. The van der Waals surface area contributed by atoms with Gasteiger partial charge in [-0.3, -0.25) is 10.1 Å². The Hall–Kier alpha value is -1.29. The van der Waals surface area contributed by atoms with Crippen molar-refractivity contribution >= 4 is 17.3 Å². The van der Waals surface area contributed by atoms with Crippen molar-refractivity contribution in [1.82, 2.24) is 0 Å². The van der Waals surface area contributed by atoms with E-state index in [-0.39, 0.29) is 11.8 Å². The molecule has 0 radical (unpaired) electrons. The third-order valence-electron chi connectivity index (χ3n) is 2.19. The van der Waals surface area contributed by atoms with E-state index in [9.17, 15) is 10.1 Å². The van der Waals surface area contributed by atoms with Gasteiger partial charge in [0, 0.05) is 23.1 Å². The zero-order chi connectivity index (χ0) is 10.3. The number of nitrogens with zero attached hydrogens (tertiary/aromatic N) is 1. The van der Waals surface area contributed by atoms with Crippen LogP contribution in [-0.4, -0.2) is 11.0 Å². The molecule has 0 saturated heterocycles. The number of benzene rings is 1. The van der Waals surface area contributed by atoms with Crippen LogP contribution >= 0.6 is 11.6 Å². The van der Waals surface area contributed by atoms with Crippen molar-refractivity contribution in [2.24, 2.45) is 0 Å². The first-order chi connectivity index (χ1) is 6.59. The van der Waals surface area contributed by atoms with E-state index >= 15 is 0 Å². The molecule has 4 nitrogen and oxygen atoms in total. The minimum atomic E-state index is -0.451.